The molecule has 0 aliphatic carbocycles. The van der Waals surface area contributed by atoms with Gasteiger partial charge >= 0.3 is 0 Å². The fraction of sp³-hybridized carbons (Fsp3) is 0.0435. The molecule has 75 heavy (non-hydrogen) atoms. The van der Waals surface area contributed by atoms with Gasteiger partial charge in [-0.1, -0.05) is 140 Å². The van der Waals surface area contributed by atoms with E-state index in [0.29, 0.717) is 0 Å². The molecule has 0 saturated carbocycles. The molecule has 0 fully saturated rings. The van der Waals surface area contributed by atoms with Crippen molar-refractivity contribution in [3.8, 4) is 0 Å². The molecule has 6 heteroatoms. The van der Waals surface area contributed by atoms with E-state index in [0.717, 1.165) is 78.4 Å². The Morgan fingerprint density at radius 2 is 0.893 bits per heavy atom. The van der Waals surface area contributed by atoms with Gasteiger partial charge in [0.2, 0.25) is 0 Å². The summed E-state index contributed by atoms with van der Waals surface area (Å²) in [7, 11) is 0. The Labute approximate surface area is 430 Å². The van der Waals surface area contributed by atoms with Gasteiger partial charge in [0.1, 0.15) is 11.3 Å². The van der Waals surface area contributed by atoms with Gasteiger partial charge in [-0.05, 0) is 111 Å². The quantitative estimate of drug-likeness (QED) is 0.142. The molecule has 0 aliphatic rings. The highest BCUT2D eigenvalue weighted by Crippen LogP contribution is 2.53. The Morgan fingerprint density at radius 3 is 1.45 bits per heavy atom. The lowest BCUT2D eigenvalue weighted by atomic mass is 10.0. The van der Waals surface area contributed by atoms with Crippen molar-refractivity contribution < 1.29 is 8.83 Å². The van der Waals surface area contributed by atoms with Crippen molar-refractivity contribution in [2.75, 3.05) is 9.80 Å². The summed E-state index contributed by atoms with van der Waals surface area (Å²) in [6.45, 7) is 10.3. The zero-order chi connectivity index (χ0) is 49.8. The molecule has 0 bridgehead atoms. The Morgan fingerprint density at radius 1 is 0.400 bits per heavy atom. The van der Waals surface area contributed by atoms with Gasteiger partial charge in [-0.15, -0.1) is 0 Å². The van der Waals surface area contributed by atoms with Crippen LogP contribution in [0.25, 0.3) is 115 Å². The van der Waals surface area contributed by atoms with E-state index in [1.165, 1.54) is 87.3 Å². The number of allylic oxidation sites excluding steroid dienone is 2. The van der Waals surface area contributed by atoms with Crippen LogP contribution in [0.15, 0.2) is 222 Å². The average Bonchev–Trinajstić information content (AvgIpc) is 4.31. The Kier molecular flexibility index (Phi) is 8.57. The molecule has 16 aromatic rings. The fourth-order valence-electron chi connectivity index (χ4n) is 12.9. The molecule has 0 unspecified atom stereocenters. The molecule has 0 N–H and O–H groups in total. The molecule has 0 spiro atoms. The van der Waals surface area contributed by atoms with Crippen LogP contribution in [0.1, 0.15) is 22.5 Å². The molecule has 6 heterocycles. The summed E-state index contributed by atoms with van der Waals surface area (Å²) in [5.41, 5.74) is 19.5. The van der Waals surface area contributed by atoms with Crippen LogP contribution in [-0.2, 0) is 0 Å². The monoisotopic (exact) mass is 962 g/mol. The van der Waals surface area contributed by atoms with Crippen LogP contribution in [0.2, 0.25) is 0 Å². The topological polar surface area (TPSA) is 41.6 Å². The predicted molar refractivity (Wildman–Crippen MR) is 316 cm³/mol. The predicted octanol–water partition coefficient (Wildman–Crippen LogP) is 19.7. The molecule has 10 aromatic carbocycles. The van der Waals surface area contributed by atoms with Gasteiger partial charge in [0.05, 0.1) is 55.8 Å². The van der Waals surface area contributed by atoms with Crippen molar-refractivity contribution in [2.45, 2.75) is 20.8 Å². The number of fused-ring (bicyclic) bond motifs is 16. The van der Waals surface area contributed by atoms with Crippen LogP contribution in [0.5, 0.6) is 0 Å². The molecule has 354 valence electrons. The third-order valence-electron chi connectivity index (χ3n) is 15.9. The summed E-state index contributed by atoms with van der Waals surface area (Å²) in [4.78, 5) is 4.82. The van der Waals surface area contributed by atoms with Crippen LogP contribution in [0.3, 0.4) is 0 Å². The van der Waals surface area contributed by atoms with E-state index in [4.69, 9.17) is 8.83 Å². The van der Waals surface area contributed by atoms with Crippen molar-refractivity contribution in [2.24, 2.45) is 0 Å². The lowest BCUT2D eigenvalue weighted by Crippen LogP contribution is -2.11. The van der Waals surface area contributed by atoms with Gasteiger partial charge in [0.25, 0.3) is 0 Å². The van der Waals surface area contributed by atoms with E-state index in [-0.39, 0.29) is 0 Å². The van der Waals surface area contributed by atoms with Gasteiger partial charge in [-0.25, -0.2) is 0 Å². The highest BCUT2D eigenvalue weighted by atomic mass is 16.3. The average molecular weight is 963 g/mol. The zero-order valence-corrected chi connectivity index (χ0v) is 41.5. The third-order valence-corrected chi connectivity index (χ3v) is 15.9. The lowest BCUT2D eigenvalue weighted by molar-refractivity contribution is 0.578. The van der Waals surface area contributed by atoms with E-state index in [9.17, 15) is 0 Å². The summed E-state index contributed by atoms with van der Waals surface area (Å²) in [5.74, 6) is 0.868. The van der Waals surface area contributed by atoms with Gasteiger partial charge in [-0.2, -0.15) is 0 Å². The van der Waals surface area contributed by atoms with Gasteiger partial charge in [0.15, 0.2) is 11.2 Å². The van der Waals surface area contributed by atoms with Crippen LogP contribution in [0, 0.1) is 20.8 Å². The van der Waals surface area contributed by atoms with Crippen LogP contribution in [0.4, 0.5) is 34.1 Å². The lowest BCUT2D eigenvalue weighted by Gasteiger charge is -2.27. The zero-order valence-electron chi connectivity index (χ0n) is 41.5. The van der Waals surface area contributed by atoms with E-state index in [1.54, 1.807) is 0 Å². The standard InChI is InChI=1S/C69H46N4O2/c1-5-6-21-45-42(4)74-68-49(45)25-15-29-59(68)70(43-19-13-17-40(2)36-43)57-34-32-47-53-38-62-54(39-61(53)72-55-27-10-7-23-51(55)64(57)66(47)72)48-33-35-58(65-52-24-8-11-28-56(52)73(62)67(48)65)71(44-20-14-18-41(3)37-44)60-30-16-26-50-46-22-9-12-31-63(46)75-69(50)60/h5-39H,1H2,2-4H3/b21-6-. The van der Waals surface area contributed by atoms with Crippen molar-refractivity contribution in [1.29, 1.82) is 0 Å². The van der Waals surface area contributed by atoms with Gasteiger partial charge in [-0.3, -0.25) is 0 Å². The number of rotatable bonds is 8. The Hall–Kier alpha value is -9.78. The minimum absolute atomic E-state index is 0.844. The molecule has 16 rings (SSSR count). The summed E-state index contributed by atoms with van der Waals surface area (Å²) in [6.07, 6.45) is 5.88. The molecule has 6 nitrogen and oxygen atoms in total. The highest BCUT2D eigenvalue weighted by molar-refractivity contribution is 6.32. The van der Waals surface area contributed by atoms with Gasteiger partial charge < -0.3 is 27.4 Å². The number of aryl methyl sites for hydroxylation is 3. The SMILES string of the molecule is C=C/C=C\c1c(C)oc2c(N(c3cccc(C)c3)c3ccc4c5cc6c(cc5n5c7ccccc7c3c45)c3ccc(N(c4cccc(C)c4)c4cccc5c4oc4ccccc45)c4c5ccccc5n6c34)cccc12. The molecular weight excluding hydrogens is 917 g/mol. The number of hydrogen-bond acceptors (Lipinski definition) is 4. The fourth-order valence-corrected chi connectivity index (χ4v) is 12.9. The Bertz CT molecular complexity index is 5100. The minimum atomic E-state index is 0.844. The maximum Gasteiger partial charge on any atom is 0.159 e. The molecule has 6 aromatic heterocycles. The van der Waals surface area contributed by atoms with Crippen molar-refractivity contribution in [1.82, 2.24) is 8.80 Å². The van der Waals surface area contributed by atoms with Gasteiger partial charge in [0, 0.05) is 76.2 Å². The van der Waals surface area contributed by atoms with E-state index in [1.807, 2.05) is 25.1 Å². The first-order chi connectivity index (χ1) is 36.9. The van der Waals surface area contributed by atoms with E-state index >= 15 is 0 Å². The maximum atomic E-state index is 6.79. The number of nitrogens with zero attached hydrogens (tertiary/aromatic N) is 4. The van der Waals surface area contributed by atoms with Crippen LogP contribution in [-0.4, -0.2) is 8.80 Å². The second-order valence-electron chi connectivity index (χ2n) is 20.2. The van der Waals surface area contributed by atoms with Crippen molar-refractivity contribution >= 4 is 149 Å². The minimum Gasteiger partial charge on any atom is -0.459 e. The smallest absolute Gasteiger partial charge is 0.159 e. The summed E-state index contributed by atoms with van der Waals surface area (Å²) < 4.78 is 18.6. The van der Waals surface area contributed by atoms with E-state index < -0.39 is 0 Å². The molecule has 0 saturated heterocycles. The molecule has 0 aliphatic heterocycles. The molecule has 0 amide bonds. The number of furan rings is 2. The van der Waals surface area contributed by atoms with Crippen molar-refractivity contribution in [3.63, 3.8) is 0 Å². The second-order valence-corrected chi connectivity index (χ2v) is 20.2. The largest absolute Gasteiger partial charge is 0.459 e. The normalized spacial score (nSPS) is 12.5. The molecule has 0 atom stereocenters. The first-order valence-electron chi connectivity index (χ1n) is 25.7. The van der Waals surface area contributed by atoms with Crippen LogP contribution >= 0.6 is 0 Å². The van der Waals surface area contributed by atoms with E-state index in [2.05, 4.69) is 233 Å². The number of anilines is 6. The highest BCUT2D eigenvalue weighted by Gasteiger charge is 2.30. The number of aromatic nitrogens is 2. The van der Waals surface area contributed by atoms with Crippen molar-refractivity contribution in [3.05, 3.63) is 235 Å². The number of para-hydroxylation sites is 5. The first kappa shape index (κ1) is 41.8. The summed E-state index contributed by atoms with van der Waals surface area (Å²) in [5, 5.41) is 12.9. The second kappa shape index (κ2) is 15.4. The Balaban J connectivity index is 0.978. The molecular formula is C69H46N4O2. The third kappa shape index (κ3) is 5.68. The number of benzene rings is 10. The molecule has 0 radical (unpaired) electrons. The summed E-state index contributed by atoms with van der Waals surface area (Å²) >= 11 is 0. The summed E-state index contributed by atoms with van der Waals surface area (Å²) in [6, 6.07) is 71.1. The number of hydrogen-bond donors (Lipinski definition) is 0. The maximum absolute atomic E-state index is 6.79. The first-order valence-corrected chi connectivity index (χ1v) is 25.7. The van der Waals surface area contributed by atoms with Crippen LogP contribution < -0.4 is 9.80 Å².